The SMILES string of the molecule is Clc1ccc(-c2c[nH]cc2-c2ccccc2)cc1. The van der Waals surface area contributed by atoms with E-state index in [1.54, 1.807) is 0 Å². The van der Waals surface area contributed by atoms with Gasteiger partial charge < -0.3 is 4.98 Å². The summed E-state index contributed by atoms with van der Waals surface area (Å²) in [7, 11) is 0. The second-order valence-corrected chi connectivity index (χ2v) is 4.59. The van der Waals surface area contributed by atoms with Crippen molar-refractivity contribution in [2.75, 3.05) is 0 Å². The molecule has 0 unspecified atom stereocenters. The van der Waals surface area contributed by atoms with Gasteiger partial charge >= 0.3 is 0 Å². The van der Waals surface area contributed by atoms with E-state index in [1.165, 1.54) is 22.3 Å². The molecule has 88 valence electrons. The highest BCUT2D eigenvalue weighted by Gasteiger charge is 2.07. The van der Waals surface area contributed by atoms with Crippen molar-refractivity contribution < 1.29 is 0 Å². The maximum Gasteiger partial charge on any atom is 0.0406 e. The molecule has 0 saturated carbocycles. The second-order valence-electron chi connectivity index (χ2n) is 4.16. The number of halogens is 1. The van der Waals surface area contributed by atoms with Crippen molar-refractivity contribution in [2.24, 2.45) is 0 Å². The maximum absolute atomic E-state index is 5.92. The average Bonchev–Trinajstić information content (AvgIpc) is 2.90. The van der Waals surface area contributed by atoms with Crippen LogP contribution < -0.4 is 0 Å². The normalized spacial score (nSPS) is 10.5. The first kappa shape index (κ1) is 11.1. The van der Waals surface area contributed by atoms with Crippen molar-refractivity contribution in [3.63, 3.8) is 0 Å². The standard InChI is InChI=1S/C16H12ClN/c17-14-8-6-13(7-9-14)16-11-18-10-15(16)12-4-2-1-3-5-12/h1-11,18H. The van der Waals surface area contributed by atoms with Gasteiger partial charge in [0.25, 0.3) is 0 Å². The zero-order chi connectivity index (χ0) is 12.4. The van der Waals surface area contributed by atoms with Crippen molar-refractivity contribution in [3.8, 4) is 22.3 Å². The zero-order valence-corrected chi connectivity index (χ0v) is 10.5. The predicted octanol–water partition coefficient (Wildman–Crippen LogP) is 5.00. The summed E-state index contributed by atoms with van der Waals surface area (Å²) in [6, 6.07) is 18.3. The van der Waals surface area contributed by atoms with Crippen LogP contribution in [-0.4, -0.2) is 4.98 Å². The number of hydrogen-bond donors (Lipinski definition) is 1. The van der Waals surface area contributed by atoms with Crippen LogP contribution in [0, 0.1) is 0 Å². The minimum absolute atomic E-state index is 0.760. The molecule has 0 fully saturated rings. The van der Waals surface area contributed by atoms with Crippen molar-refractivity contribution in [1.29, 1.82) is 0 Å². The number of aromatic nitrogens is 1. The summed E-state index contributed by atoms with van der Waals surface area (Å²) in [6.07, 6.45) is 4.05. The molecular formula is C16H12ClN. The fourth-order valence-corrected chi connectivity index (χ4v) is 2.21. The summed E-state index contributed by atoms with van der Waals surface area (Å²) in [5, 5.41) is 0.760. The van der Waals surface area contributed by atoms with Gasteiger partial charge in [-0.3, -0.25) is 0 Å². The number of hydrogen-bond acceptors (Lipinski definition) is 0. The lowest BCUT2D eigenvalue weighted by Crippen LogP contribution is -1.79. The lowest BCUT2D eigenvalue weighted by Gasteiger charge is -2.04. The zero-order valence-electron chi connectivity index (χ0n) is 9.73. The third-order valence-electron chi connectivity index (χ3n) is 2.99. The van der Waals surface area contributed by atoms with Crippen LogP contribution in [0.1, 0.15) is 0 Å². The molecule has 18 heavy (non-hydrogen) atoms. The van der Waals surface area contributed by atoms with Gasteiger partial charge in [-0.1, -0.05) is 54.1 Å². The Labute approximate surface area is 111 Å². The van der Waals surface area contributed by atoms with Crippen molar-refractivity contribution in [1.82, 2.24) is 4.98 Å². The fraction of sp³-hybridized carbons (Fsp3) is 0. The predicted molar refractivity (Wildman–Crippen MR) is 76.7 cm³/mol. The molecule has 1 heterocycles. The first-order chi connectivity index (χ1) is 8.84. The molecule has 0 amide bonds. The van der Waals surface area contributed by atoms with Crippen LogP contribution in [0.15, 0.2) is 67.0 Å². The molecule has 0 saturated heterocycles. The van der Waals surface area contributed by atoms with E-state index in [-0.39, 0.29) is 0 Å². The number of H-pyrrole nitrogens is 1. The number of aromatic amines is 1. The summed E-state index contributed by atoms with van der Waals surface area (Å²) in [4.78, 5) is 3.18. The summed E-state index contributed by atoms with van der Waals surface area (Å²) in [6.45, 7) is 0. The van der Waals surface area contributed by atoms with Crippen LogP contribution in [0.4, 0.5) is 0 Å². The van der Waals surface area contributed by atoms with Gasteiger partial charge in [0.1, 0.15) is 0 Å². The van der Waals surface area contributed by atoms with Gasteiger partial charge in [0, 0.05) is 28.5 Å². The van der Waals surface area contributed by atoms with Crippen LogP contribution in [0.5, 0.6) is 0 Å². The van der Waals surface area contributed by atoms with E-state index in [9.17, 15) is 0 Å². The molecule has 0 bridgehead atoms. The van der Waals surface area contributed by atoms with Gasteiger partial charge in [-0.15, -0.1) is 0 Å². The summed E-state index contributed by atoms with van der Waals surface area (Å²) < 4.78 is 0. The van der Waals surface area contributed by atoms with Crippen LogP contribution in [-0.2, 0) is 0 Å². The van der Waals surface area contributed by atoms with Crippen LogP contribution in [0.25, 0.3) is 22.3 Å². The molecule has 1 nitrogen and oxygen atoms in total. The fourth-order valence-electron chi connectivity index (χ4n) is 2.09. The van der Waals surface area contributed by atoms with Crippen LogP contribution in [0.3, 0.4) is 0 Å². The number of nitrogens with one attached hydrogen (secondary N) is 1. The van der Waals surface area contributed by atoms with E-state index in [0.717, 1.165) is 5.02 Å². The monoisotopic (exact) mass is 253 g/mol. The second kappa shape index (κ2) is 4.71. The molecule has 2 aromatic carbocycles. The van der Waals surface area contributed by atoms with E-state index in [2.05, 4.69) is 17.1 Å². The van der Waals surface area contributed by atoms with Gasteiger partial charge in [-0.2, -0.15) is 0 Å². The Morgan fingerprint density at radius 1 is 0.667 bits per heavy atom. The molecule has 1 aromatic heterocycles. The Morgan fingerprint density at radius 2 is 1.22 bits per heavy atom. The van der Waals surface area contributed by atoms with Gasteiger partial charge in [0.2, 0.25) is 0 Å². The van der Waals surface area contributed by atoms with Crippen molar-refractivity contribution >= 4 is 11.6 Å². The Morgan fingerprint density at radius 3 is 1.83 bits per heavy atom. The molecule has 0 aliphatic carbocycles. The summed E-state index contributed by atoms with van der Waals surface area (Å²) >= 11 is 5.92. The Kier molecular flexibility index (Phi) is 2.91. The minimum atomic E-state index is 0.760. The molecule has 3 rings (SSSR count). The van der Waals surface area contributed by atoms with E-state index in [0.29, 0.717) is 0 Å². The summed E-state index contributed by atoms with van der Waals surface area (Å²) in [5.41, 5.74) is 4.78. The van der Waals surface area contributed by atoms with Crippen LogP contribution >= 0.6 is 11.6 Å². The van der Waals surface area contributed by atoms with Gasteiger partial charge in [0.15, 0.2) is 0 Å². The van der Waals surface area contributed by atoms with E-state index in [4.69, 9.17) is 11.6 Å². The van der Waals surface area contributed by atoms with Gasteiger partial charge in [0.05, 0.1) is 0 Å². The van der Waals surface area contributed by atoms with E-state index in [1.807, 2.05) is 54.9 Å². The molecule has 2 heteroatoms. The van der Waals surface area contributed by atoms with Crippen molar-refractivity contribution in [3.05, 3.63) is 72.0 Å². The van der Waals surface area contributed by atoms with E-state index < -0.39 is 0 Å². The molecule has 1 N–H and O–H groups in total. The highest BCUT2D eigenvalue weighted by atomic mass is 35.5. The molecule has 0 atom stereocenters. The minimum Gasteiger partial charge on any atom is -0.366 e. The third kappa shape index (κ3) is 2.05. The van der Waals surface area contributed by atoms with Crippen LogP contribution in [0.2, 0.25) is 5.02 Å². The maximum atomic E-state index is 5.92. The molecule has 0 spiro atoms. The Bertz CT molecular complexity index is 638. The first-order valence-electron chi connectivity index (χ1n) is 5.83. The quantitative estimate of drug-likeness (QED) is 0.661. The summed E-state index contributed by atoms with van der Waals surface area (Å²) in [5.74, 6) is 0. The first-order valence-corrected chi connectivity index (χ1v) is 6.20. The number of benzene rings is 2. The number of rotatable bonds is 2. The highest BCUT2D eigenvalue weighted by Crippen LogP contribution is 2.32. The topological polar surface area (TPSA) is 15.8 Å². The lowest BCUT2D eigenvalue weighted by atomic mass is 9.99. The smallest absolute Gasteiger partial charge is 0.0406 e. The molecule has 3 aromatic rings. The third-order valence-corrected chi connectivity index (χ3v) is 3.24. The Hall–Kier alpha value is -1.99. The molecule has 0 aliphatic heterocycles. The van der Waals surface area contributed by atoms with Gasteiger partial charge in [-0.05, 0) is 23.3 Å². The largest absolute Gasteiger partial charge is 0.366 e. The Balaban J connectivity index is 2.10. The molecular weight excluding hydrogens is 242 g/mol. The average molecular weight is 254 g/mol. The highest BCUT2D eigenvalue weighted by molar-refractivity contribution is 6.30. The van der Waals surface area contributed by atoms with Crippen molar-refractivity contribution in [2.45, 2.75) is 0 Å². The van der Waals surface area contributed by atoms with Gasteiger partial charge in [-0.25, -0.2) is 0 Å². The molecule has 0 aliphatic rings. The molecule has 0 radical (unpaired) electrons. The lowest BCUT2D eigenvalue weighted by molar-refractivity contribution is 1.41. The van der Waals surface area contributed by atoms with E-state index >= 15 is 0 Å².